The number of carbonyl (C=O) groups is 1. The van der Waals surface area contributed by atoms with Crippen LogP contribution in [0, 0.1) is 5.82 Å². The van der Waals surface area contributed by atoms with E-state index in [1.807, 2.05) is 6.07 Å². The Morgan fingerprint density at radius 1 is 1.25 bits per heavy atom. The highest BCUT2D eigenvalue weighted by atomic mass is 19.1. The second-order valence-electron chi connectivity index (χ2n) is 6.02. The zero-order chi connectivity index (χ0) is 16.7. The molecular weight excluding hydrogens is 309 g/mol. The lowest BCUT2D eigenvalue weighted by atomic mass is 10.0. The molecule has 6 heteroatoms. The molecule has 0 radical (unpaired) electrons. The van der Waals surface area contributed by atoms with Crippen LogP contribution < -0.4 is 0 Å². The Morgan fingerprint density at radius 3 is 2.83 bits per heavy atom. The zero-order valence-corrected chi connectivity index (χ0v) is 12.8. The molecule has 0 aliphatic carbocycles. The van der Waals surface area contributed by atoms with E-state index in [1.54, 1.807) is 35.5 Å². The lowest BCUT2D eigenvalue weighted by Crippen LogP contribution is -2.32. The first-order valence-corrected chi connectivity index (χ1v) is 7.80. The smallest absolute Gasteiger partial charge is 0.256 e. The van der Waals surface area contributed by atoms with Crippen LogP contribution in [-0.4, -0.2) is 38.5 Å². The van der Waals surface area contributed by atoms with Crippen LogP contribution in [-0.2, 0) is 0 Å². The standard InChI is InChI=1S/C18H16FN3O2/c19-12-6-4-11(5-7-12)16-8-13(23)9-22(16)18(24)14-2-1-3-15-17(14)21-10-20-15/h1-7,10,13,16,23H,8-9H2,(H,20,21)/t13-,16-/m0/s1. The predicted molar refractivity (Wildman–Crippen MR) is 86.9 cm³/mol. The quantitative estimate of drug-likeness (QED) is 0.761. The van der Waals surface area contributed by atoms with Crippen molar-refractivity contribution in [2.75, 3.05) is 6.54 Å². The number of nitrogens with zero attached hydrogens (tertiary/aromatic N) is 2. The second-order valence-corrected chi connectivity index (χ2v) is 6.02. The molecular formula is C18H16FN3O2. The highest BCUT2D eigenvalue weighted by molar-refractivity contribution is 6.05. The molecule has 3 aromatic rings. The Morgan fingerprint density at radius 2 is 2.04 bits per heavy atom. The molecule has 0 unspecified atom stereocenters. The van der Waals surface area contributed by atoms with Gasteiger partial charge in [0, 0.05) is 6.54 Å². The average molecular weight is 325 g/mol. The molecule has 0 saturated carbocycles. The lowest BCUT2D eigenvalue weighted by Gasteiger charge is -2.25. The molecule has 1 fully saturated rings. The summed E-state index contributed by atoms with van der Waals surface area (Å²) in [6.07, 6.45) is 1.40. The van der Waals surface area contributed by atoms with Gasteiger partial charge in [0.25, 0.3) is 5.91 Å². The first-order chi connectivity index (χ1) is 11.6. The van der Waals surface area contributed by atoms with Gasteiger partial charge in [-0.25, -0.2) is 9.37 Å². The predicted octanol–water partition coefficient (Wildman–Crippen LogP) is 2.65. The fourth-order valence-electron chi connectivity index (χ4n) is 3.33. The number of aromatic nitrogens is 2. The van der Waals surface area contributed by atoms with Gasteiger partial charge < -0.3 is 15.0 Å². The van der Waals surface area contributed by atoms with E-state index in [-0.39, 0.29) is 24.3 Å². The Balaban J connectivity index is 1.72. The summed E-state index contributed by atoms with van der Waals surface area (Å²) in [6, 6.07) is 11.2. The summed E-state index contributed by atoms with van der Waals surface area (Å²) in [6.45, 7) is 0.252. The number of β-amino-alcohol motifs (C(OH)–C–C–N with tert-alkyl or cyclic N) is 1. The molecule has 1 aliphatic heterocycles. The number of fused-ring (bicyclic) bond motifs is 1. The molecule has 4 rings (SSSR count). The van der Waals surface area contributed by atoms with Gasteiger partial charge in [0.1, 0.15) is 11.3 Å². The van der Waals surface area contributed by atoms with Crippen molar-refractivity contribution in [3.8, 4) is 0 Å². The van der Waals surface area contributed by atoms with Crippen molar-refractivity contribution >= 4 is 16.9 Å². The fourth-order valence-corrected chi connectivity index (χ4v) is 3.33. The van der Waals surface area contributed by atoms with Crippen molar-refractivity contribution in [3.05, 3.63) is 65.7 Å². The van der Waals surface area contributed by atoms with Gasteiger partial charge in [-0.3, -0.25) is 4.79 Å². The molecule has 2 N–H and O–H groups in total. The largest absolute Gasteiger partial charge is 0.391 e. The molecule has 0 bridgehead atoms. The Labute approximate surface area is 137 Å². The van der Waals surface area contributed by atoms with E-state index in [4.69, 9.17) is 0 Å². The number of rotatable bonds is 2. The molecule has 5 nitrogen and oxygen atoms in total. The van der Waals surface area contributed by atoms with Crippen LogP contribution in [0.4, 0.5) is 4.39 Å². The minimum absolute atomic E-state index is 0.182. The number of imidazole rings is 1. The molecule has 2 heterocycles. The fraction of sp³-hybridized carbons (Fsp3) is 0.222. The number of aliphatic hydroxyl groups excluding tert-OH is 1. The topological polar surface area (TPSA) is 69.2 Å². The highest BCUT2D eigenvalue weighted by Gasteiger charge is 2.36. The summed E-state index contributed by atoms with van der Waals surface area (Å²) in [5.41, 5.74) is 2.71. The molecule has 0 spiro atoms. The van der Waals surface area contributed by atoms with E-state index in [0.717, 1.165) is 11.1 Å². The van der Waals surface area contributed by atoms with Gasteiger partial charge in [-0.2, -0.15) is 0 Å². The van der Waals surface area contributed by atoms with E-state index in [0.29, 0.717) is 17.5 Å². The number of carbonyl (C=O) groups excluding carboxylic acids is 1. The minimum Gasteiger partial charge on any atom is -0.391 e. The van der Waals surface area contributed by atoms with E-state index in [9.17, 15) is 14.3 Å². The number of hydrogen-bond donors (Lipinski definition) is 2. The molecule has 1 amide bonds. The van der Waals surface area contributed by atoms with Crippen molar-refractivity contribution in [1.82, 2.24) is 14.9 Å². The van der Waals surface area contributed by atoms with Crippen LogP contribution in [0.1, 0.15) is 28.4 Å². The summed E-state index contributed by atoms with van der Waals surface area (Å²) in [5.74, 6) is -0.505. The Kier molecular flexibility index (Phi) is 3.54. The average Bonchev–Trinajstić information content (AvgIpc) is 3.21. The lowest BCUT2D eigenvalue weighted by molar-refractivity contribution is 0.0717. The van der Waals surface area contributed by atoms with Gasteiger partial charge in [-0.1, -0.05) is 18.2 Å². The molecule has 24 heavy (non-hydrogen) atoms. The summed E-state index contributed by atoms with van der Waals surface area (Å²) in [4.78, 5) is 21.9. The number of aromatic amines is 1. The van der Waals surface area contributed by atoms with Crippen molar-refractivity contribution in [2.45, 2.75) is 18.6 Å². The first-order valence-electron chi connectivity index (χ1n) is 7.80. The van der Waals surface area contributed by atoms with Gasteiger partial charge in [0.05, 0.1) is 29.6 Å². The van der Waals surface area contributed by atoms with Crippen LogP contribution >= 0.6 is 0 Å². The Hall–Kier alpha value is -2.73. The van der Waals surface area contributed by atoms with Gasteiger partial charge >= 0.3 is 0 Å². The molecule has 1 saturated heterocycles. The number of para-hydroxylation sites is 1. The van der Waals surface area contributed by atoms with E-state index >= 15 is 0 Å². The molecule has 2 aromatic carbocycles. The van der Waals surface area contributed by atoms with E-state index in [1.165, 1.54) is 12.1 Å². The number of hydrogen-bond acceptors (Lipinski definition) is 3. The van der Waals surface area contributed by atoms with E-state index < -0.39 is 6.10 Å². The number of benzene rings is 2. The number of amides is 1. The maximum absolute atomic E-state index is 13.2. The maximum Gasteiger partial charge on any atom is 0.256 e. The minimum atomic E-state index is -0.595. The normalized spacial score (nSPS) is 20.7. The third-order valence-corrected chi connectivity index (χ3v) is 4.47. The SMILES string of the molecule is O=C(c1cccc2[nH]cnc12)N1C[C@@H](O)C[C@H]1c1ccc(F)cc1. The summed E-state index contributed by atoms with van der Waals surface area (Å²) < 4.78 is 13.2. The van der Waals surface area contributed by atoms with Crippen LogP contribution in [0.15, 0.2) is 48.8 Å². The van der Waals surface area contributed by atoms with Gasteiger partial charge in [0.2, 0.25) is 0 Å². The number of halogens is 1. The molecule has 1 aliphatic rings. The number of aliphatic hydroxyl groups is 1. The third-order valence-electron chi connectivity index (χ3n) is 4.47. The summed E-state index contributed by atoms with van der Waals surface area (Å²) in [5, 5.41) is 10.1. The third kappa shape index (κ3) is 2.45. The number of H-pyrrole nitrogens is 1. The van der Waals surface area contributed by atoms with Crippen LogP contribution in [0.3, 0.4) is 0 Å². The van der Waals surface area contributed by atoms with Crippen molar-refractivity contribution in [3.63, 3.8) is 0 Å². The Bertz CT molecular complexity index is 891. The molecule has 2 atom stereocenters. The van der Waals surface area contributed by atoms with Crippen molar-refractivity contribution in [1.29, 1.82) is 0 Å². The molecule has 122 valence electrons. The van der Waals surface area contributed by atoms with E-state index in [2.05, 4.69) is 9.97 Å². The van der Waals surface area contributed by atoms with Crippen LogP contribution in [0.2, 0.25) is 0 Å². The summed E-state index contributed by atoms with van der Waals surface area (Å²) >= 11 is 0. The van der Waals surface area contributed by atoms with Gasteiger partial charge in [0.15, 0.2) is 0 Å². The second kappa shape index (κ2) is 5.72. The van der Waals surface area contributed by atoms with Crippen LogP contribution in [0.25, 0.3) is 11.0 Å². The van der Waals surface area contributed by atoms with Gasteiger partial charge in [-0.15, -0.1) is 0 Å². The number of nitrogens with one attached hydrogen (secondary N) is 1. The first kappa shape index (κ1) is 14.8. The zero-order valence-electron chi connectivity index (χ0n) is 12.8. The highest BCUT2D eigenvalue weighted by Crippen LogP contribution is 2.34. The van der Waals surface area contributed by atoms with Crippen molar-refractivity contribution in [2.24, 2.45) is 0 Å². The molecule has 1 aromatic heterocycles. The van der Waals surface area contributed by atoms with Crippen LogP contribution in [0.5, 0.6) is 0 Å². The van der Waals surface area contributed by atoms with Gasteiger partial charge in [-0.05, 0) is 36.2 Å². The maximum atomic E-state index is 13.2. The van der Waals surface area contributed by atoms with Crippen molar-refractivity contribution < 1.29 is 14.3 Å². The number of likely N-dealkylation sites (tertiary alicyclic amines) is 1. The monoisotopic (exact) mass is 325 g/mol. The summed E-state index contributed by atoms with van der Waals surface area (Å²) in [7, 11) is 0.